The van der Waals surface area contributed by atoms with Gasteiger partial charge in [0.05, 0.1) is 5.69 Å². The van der Waals surface area contributed by atoms with Gasteiger partial charge in [0.2, 0.25) is 5.95 Å². The third kappa shape index (κ3) is 3.20. The maximum Gasteiger partial charge on any atom is 0.222 e. The standard InChI is InChI=1S/C15H25N5/c16-11-7-10(8-11)13-9-14(20-15(17)19-13)18-12-5-3-1-2-4-6-12/h9-12H,1-8,16H2,(H3,17,18,19,20). The molecule has 110 valence electrons. The van der Waals surface area contributed by atoms with Crippen molar-refractivity contribution in [2.45, 2.75) is 69.4 Å². The van der Waals surface area contributed by atoms with E-state index in [1.54, 1.807) is 0 Å². The van der Waals surface area contributed by atoms with Crippen molar-refractivity contribution in [1.29, 1.82) is 0 Å². The number of rotatable bonds is 3. The molecule has 5 N–H and O–H groups in total. The van der Waals surface area contributed by atoms with Crippen LogP contribution < -0.4 is 16.8 Å². The molecule has 0 aromatic carbocycles. The fraction of sp³-hybridized carbons (Fsp3) is 0.733. The summed E-state index contributed by atoms with van der Waals surface area (Å²) in [5.41, 5.74) is 12.8. The van der Waals surface area contributed by atoms with Gasteiger partial charge in [-0.25, -0.2) is 4.98 Å². The predicted octanol–water partition coefficient (Wildman–Crippen LogP) is 2.40. The van der Waals surface area contributed by atoms with Gasteiger partial charge in [0.1, 0.15) is 5.82 Å². The average molecular weight is 275 g/mol. The Morgan fingerprint density at radius 2 is 1.75 bits per heavy atom. The van der Waals surface area contributed by atoms with Gasteiger partial charge in [-0.3, -0.25) is 0 Å². The summed E-state index contributed by atoms with van der Waals surface area (Å²) in [6, 6.07) is 2.93. The Hall–Kier alpha value is -1.36. The molecule has 20 heavy (non-hydrogen) atoms. The van der Waals surface area contributed by atoms with E-state index in [4.69, 9.17) is 11.5 Å². The van der Waals surface area contributed by atoms with Crippen LogP contribution in [0.4, 0.5) is 11.8 Å². The van der Waals surface area contributed by atoms with Crippen LogP contribution in [0.1, 0.15) is 63.0 Å². The van der Waals surface area contributed by atoms with Crippen LogP contribution in [-0.4, -0.2) is 22.1 Å². The molecule has 3 rings (SSSR count). The summed E-state index contributed by atoms with van der Waals surface area (Å²) in [5, 5.41) is 3.55. The maximum absolute atomic E-state index is 5.86. The van der Waals surface area contributed by atoms with Gasteiger partial charge >= 0.3 is 0 Å². The highest BCUT2D eigenvalue weighted by Gasteiger charge is 2.29. The Balaban J connectivity index is 1.69. The molecular formula is C15H25N5. The summed E-state index contributed by atoms with van der Waals surface area (Å²) < 4.78 is 0. The molecule has 0 radical (unpaired) electrons. The van der Waals surface area contributed by atoms with Crippen molar-refractivity contribution in [2.75, 3.05) is 11.1 Å². The lowest BCUT2D eigenvalue weighted by molar-refractivity contribution is 0.345. The van der Waals surface area contributed by atoms with Crippen molar-refractivity contribution >= 4 is 11.8 Å². The molecule has 5 nitrogen and oxygen atoms in total. The van der Waals surface area contributed by atoms with Gasteiger partial charge in [-0.1, -0.05) is 25.7 Å². The average Bonchev–Trinajstić information content (AvgIpc) is 2.63. The van der Waals surface area contributed by atoms with Gasteiger partial charge in [0.15, 0.2) is 0 Å². The first-order chi connectivity index (χ1) is 9.70. The fourth-order valence-corrected chi connectivity index (χ4v) is 3.30. The SMILES string of the molecule is Nc1nc(NC2CCCCCC2)cc(C2CC(N)C2)n1. The second-order valence-electron chi connectivity index (χ2n) is 6.30. The maximum atomic E-state index is 5.86. The van der Waals surface area contributed by atoms with Crippen LogP contribution in [0.25, 0.3) is 0 Å². The number of aromatic nitrogens is 2. The Kier molecular flexibility index (Phi) is 4.05. The first kappa shape index (κ1) is 13.6. The van der Waals surface area contributed by atoms with Gasteiger partial charge < -0.3 is 16.8 Å². The van der Waals surface area contributed by atoms with Crippen molar-refractivity contribution in [1.82, 2.24) is 9.97 Å². The summed E-state index contributed by atoms with van der Waals surface area (Å²) in [6.07, 6.45) is 9.81. The monoisotopic (exact) mass is 275 g/mol. The molecule has 0 unspecified atom stereocenters. The molecule has 0 aliphatic heterocycles. The highest BCUT2D eigenvalue weighted by Crippen LogP contribution is 2.35. The van der Waals surface area contributed by atoms with Gasteiger partial charge in [0.25, 0.3) is 0 Å². The van der Waals surface area contributed by atoms with Crippen molar-refractivity contribution < 1.29 is 0 Å². The topological polar surface area (TPSA) is 89.8 Å². The van der Waals surface area contributed by atoms with E-state index in [2.05, 4.69) is 21.4 Å². The van der Waals surface area contributed by atoms with E-state index in [0.717, 1.165) is 24.4 Å². The van der Waals surface area contributed by atoms with Crippen LogP contribution in [0.15, 0.2) is 6.07 Å². The highest BCUT2D eigenvalue weighted by atomic mass is 15.1. The Bertz CT molecular complexity index is 448. The highest BCUT2D eigenvalue weighted by molar-refractivity contribution is 5.42. The predicted molar refractivity (Wildman–Crippen MR) is 81.5 cm³/mol. The molecule has 2 aliphatic rings. The number of anilines is 2. The van der Waals surface area contributed by atoms with E-state index in [9.17, 15) is 0 Å². The number of nitrogens with two attached hydrogens (primary N) is 2. The largest absolute Gasteiger partial charge is 0.368 e. The fourth-order valence-electron chi connectivity index (χ4n) is 3.30. The second kappa shape index (κ2) is 5.95. The first-order valence-corrected chi connectivity index (χ1v) is 7.87. The minimum atomic E-state index is 0.328. The lowest BCUT2D eigenvalue weighted by Gasteiger charge is -2.32. The van der Waals surface area contributed by atoms with Crippen LogP contribution in [-0.2, 0) is 0 Å². The van der Waals surface area contributed by atoms with E-state index < -0.39 is 0 Å². The molecule has 0 atom stereocenters. The molecule has 1 aromatic heterocycles. The third-order valence-electron chi connectivity index (χ3n) is 4.56. The van der Waals surface area contributed by atoms with Gasteiger partial charge in [-0.15, -0.1) is 0 Å². The van der Waals surface area contributed by atoms with Gasteiger partial charge in [-0.05, 0) is 25.7 Å². The lowest BCUT2D eigenvalue weighted by Crippen LogP contribution is -2.35. The number of nitrogen functional groups attached to an aromatic ring is 1. The smallest absolute Gasteiger partial charge is 0.222 e. The minimum Gasteiger partial charge on any atom is -0.368 e. The molecule has 2 aliphatic carbocycles. The molecule has 0 amide bonds. The summed E-state index contributed by atoms with van der Waals surface area (Å²) in [6.45, 7) is 0. The molecule has 2 saturated carbocycles. The molecule has 0 spiro atoms. The van der Waals surface area contributed by atoms with Crippen molar-refractivity contribution in [3.8, 4) is 0 Å². The molecule has 1 aromatic rings. The Morgan fingerprint density at radius 1 is 1.05 bits per heavy atom. The first-order valence-electron chi connectivity index (χ1n) is 7.87. The zero-order chi connectivity index (χ0) is 13.9. The molecule has 0 saturated heterocycles. The van der Waals surface area contributed by atoms with E-state index in [0.29, 0.717) is 23.9 Å². The van der Waals surface area contributed by atoms with Crippen LogP contribution in [0.2, 0.25) is 0 Å². The van der Waals surface area contributed by atoms with Gasteiger partial charge in [-0.2, -0.15) is 4.98 Å². The normalized spacial score (nSPS) is 27.6. The van der Waals surface area contributed by atoms with Crippen LogP contribution in [0, 0.1) is 0 Å². The molecule has 1 heterocycles. The zero-order valence-electron chi connectivity index (χ0n) is 12.0. The summed E-state index contributed by atoms with van der Waals surface area (Å²) in [5.74, 6) is 1.73. The van der Waals surface area contributed by atoms with Gasteiger partial charge in [0, 0.05) is 24.1 Å². The molecular weight excluding hydrogens is 250 g/mol. The third-order valence-corrected chi connectivity index (χ3v) is 4.56. The molecule has 0 bridgehead atoms. The Labute approximate surface area is 120 Å². The quantitative estimate of drug-likeness (QED) is 0.737. The summed E-state index contributed by atoms with van der Waals surface area (Å²) in [4.78, 5) is 8.72. The van der Waals surface area contributed by atoms with Crippen molar-refractivity contribution in [3.05, 3.63) is 11.8 Å². The van der Waals surface area contributed by atoms with E-state index in [1.807, 2.05) is 0 Å². The molecule has 2 fully saturated rings. The van der Waals surface area contributed by atoms with E-state index >= 15 is 0 Å². The van der Waals surface area contributed by atoms with Crippen LogP contribution in [0.3, 0.4) is 0 Å². The Morgan fingerprint density at radius 3 is 2.40 bits per heavy atom. The van der Waals surface area contributed by atoms with E-state index in [1.165, 1.54) is 38.5 Å². The number of hydrogen-bond acceptors (Lipinski definition) is 5. The number of nitrogens with one attached hydrogen (secondary N) is 1. The lowest BCUT2D eigenvalue weighted by atomic mass is 9.78. The second-order valence-corrected chi connectivity index (χ2v) is 6.30. The molecule has 5 heteroatoms. The summed E-state index contributed by atoms with van der Waals surface area (Å²) >= 11 is 0. The van der Waals surface area contributed by atoms with Crippen molar-refractivity contribution in [3.63, 3.8) is 0 Å². The van der Waals surface area contributed by atoms with Crippen LogP contribution in [0.5, 0.6) is 0 Å². The number of nitrogens with zero attached hydrogens (tertiary/aromatic N) is 2. The van der Waals surface area contributed by atoms with Crippen LogP contribution >= 0.6 is 0 Å². The zero-order valence-corrected chi connectivity index (χ0v) is 12.0. The summed E-state index contributed by atoms with van der Waals surface area (Å²) in [7, 11) is 0. The van der Waals surface area contributed by atoms with Crippen molar-refractivity contribution in [2.24, 2.45) is 5.73 Å². The minimum absolute atomic E-state index is 0.328. The van der Waals surface area contributed by atoms with E-state index in [-0.39, 0.29) is 0 Å². The number of hydrogen-bond donors (Lipinski definition) is 3.